The number of pyridine rings is 1. The van der Waals surface area contributed by atoms with Crippen LogP contribution in [-0.4, -0.2) is 11.5 Å². The van der Waals surface area contributed by atoms with Crippen LogP contribution < -0.4 is 10.9 Å². The molecule has 0 aliphatic heterocycles. The number of aromatic amines is 1. The van der Waals surface area contributed by atoms with E-state index in [9.17, 15) is 4.79 Å². The summed E-state index contributed by atoms with van der Waals surface area (Å²) >= 11 is 0. The fraction of sp³-hybridized carbons (Fsp3) is 0.286. The number of hydrogen-bond acceptors (Lipinski definition) is 2. The minimum atomic E-state index is -0.00481. The molecule has 1 heterocycles. The zero-order valence-corrected chi connectivity index (χ0v) is 14.4. The smallest absolute Gasteiger partial charge is 0.252 e. The van der Waals surface area contributed by atoms with Crippen molar-refractivity contribution >= 4 is 10.9 Å². The van der Waals surface area contributed by atoms with Crippen LogP contribution in [0.3, 0.4) is 0 Å². The van der Waals surface area contributed by atoms with Crippen LogP contribution in [0.1, 0.15) is 29.2 Å². The molecular weight excluding hydrogens is 296 g/mol. The van der Waals surface area contributed by atoms with Crippen molar-refractivity contribution in [1.29, 1.82) is 0 Å². The highest BCUT2D eigenvalue weighted by atomic mass is 16.1. The number of nitrogens with one attached hydrogen (secondary N) is 2. The van der Waals surface area contributed by atoms with Gasteiger partial charge in [0.05, 0.1) is 0 Å². The fourth-order valence-corrected chi connectivity index (χ4v) is 2.98. The lowest BCUT2D eigenvalue weighted by Gasteiger charge is -2.07. The standard InChI is InChI=1S/C21H24N2O/c1-3-16-7-8-20-18(12-16)13-19(21(24)23-20)14-22-10-9-17-6-4-5-15(2)11-17/h4-8,11-13,22H,3,9-10,14H2,1-2H3,(H,23,24). The molecule has 0 unspecified atom stereocenters. The Bertz CT molecular complexity index is 896. The van der Waals surface area contributed by atoms with E-state index >= 15 is 0 Å². The summed E-state index contributed by atoms with van der Waals surface area (Å²) in [5, 5.41) is 4.49. The average molecular weight is 320 g/mol. The molecule has 1 aromatic heterocycles. The van der Waals surface area contributed by atoms with Crippen molar-refractivity contribution in [2.75, 3.05) is 6.54 Å². The van der Waals surface area contributed by atoms with Gasteiger partial charge in [-0.1, -0.05) is 42.8 Å². The Morgan fingerprint density at radius 3 is 2.71 bits per heavy atom. The van der Waals surface area contributed by atoms with Crippen molar-refractivity contribution < 1.29 is 0 Å². The van der Waals surface area contributed by atoms with Crippen molar-refractivity contribution in [2.45, 2.75) is 33.2 Å². The number of hydrogen-bond donors (Lipinski definition) is 2. The van der Waals surface area contributed by atoms with Crippen molar-refractivity contribution in [3.8, 4) is 0 Å². The Morgan fingerprint density at radius 1 is 1.04 bits per heavy atom. The maximum atomic E-state index is 12.2. The van der Waals surface area contributed by atoms with Gasteiger partial charge in [0.25, 0.3) is 5.56 Å². The van der Waals surface area contributed by atoms with Gasteiger partial charge in [0, 0.05) is 17.6 Å². The molecule has 0 aliphatic rings. The number of aromatic nitrogens is 1. The Labute approximate surface area is 142 Å². The van der Waals surface area contributed by atoms with E-state index in [0.717, 1.165) is 35.9 Å². The van der Waals surface area contributed by atoms with Crippen LogP contribution in [0.15, 0.2) is 53.3 Å². The van der Waals surface area contributed by atoms with Gasteiger partial charge in [-0.25, -0.2) is 0 Å². The van der Waals surface area contributed by atoms with Crippen molar-refractivity contribution in [1.82, 2.24) is 10.3 Å². The van der Waals surface area contributed by atoms with Crippen molar-refractivity contribution in [3.05, 3.63) is 81.1 Å². The molecule has 0 atom stereocenters. The summed E-state index contributed by atoms with van der Waals surface area (Å²) in [6, 6.07) is 16.8. The highest BCUT2D eigenvalue weighted by Crippen LogP contribution is 2.14. The minimum Gasteiger partial charge on any atom is -0.322 e. The first-order valence-corrected chi connectivity index (χ1v) is 8.57. The minimum absolute atomic E-state index is 0.00481. The lowest BCUT2D eigenvalue weighted by molar-refractivity contribution is 0.682. The molecule has 3 rings (SSSR count). The molecule has 24 heavy (non-hydrogen) atoms. The molecule has 2 aromatic carbocycles. The Morgan fingerprint density at radius 2 is 1.92 bits per heavy atom. The average Bonchev–Trinajstić information content (AvgIpc) is 2.58. The van der Waals surface area contributed by atoms with E-state index in [1.807, 2.05) is 12.1 Å². The lowest BCUT2D eigenvalue weighted by atomic mass is 10.1. The quantitative estimate of drug-likeness (QED) is 0.680. The van der Waals surface area contributed by atoms with Crippen LogP contribution in [0.25, 0.3) is 10.9 Å². The van der Waals surface area contributed by atoms with Gasteiger partial charge >= 0.3 is 0 Å². The number of fused-ring (bicyclic) bond motifs is 1. The summed E-state index contributed by atoms with van der Waals surface area (Å²) in [6.07, 6.45) is 1.96. The maximum absolute atomic E-state index is 12.2. The van der Waals surface area contributed by atoms with E-state index in [4.69, 9.17) is 0 Å². The highest BCUT2D eigenvalue weighted by Gasteiger charge is 2.04. The molecule has 2 N–H and O–H groups in total. The number of aryl methyl sites for hydroxylation is 2. The molecule has 3 heteroatoms. The van der Waals surface area contributed by atoms with Gasteiger partial charge in [-0.15, -0.1) is 0 Å². The summed E-state index contributed by atoms with van der Waals surface area (Å²) in [7, 11) is 0. The first-order chi connectivity index (χ1) is 11.7. The van der Waals surface area contributed by atoms with Crippen LogP contribution in [0.2, 0.25) is 0 Å². The number of benzene rings is 2. The van der Waals surface area contributed by atoms with E-state index < -0.39 is 0 Å². The largest absolute Gasteiger partial charge is 0.322 e. The second-order valence-corrected chi connectivity index (χ2v) is 6.31. The molecule has 0 aliphatic carbocycles. The number of rotatable bonds is 6. The molecule has 0 saturated heterocycles. The predicted octanol–water partition coefficient (Wildman–Crippen LogP) is 3.73. The van der Waals surface area contributed by atoms with Gasteiger partial charge in [-0.3, -0.25) is 4.79 Å². The van der Waals surface area contributed by atoms with Gasteiger partial charge in [-0.2, -0.15) is 0 Å². The molecular formula is C21H24N2O. The van der Waals surface area contributed by atoms with Crippen molar-refractivity contribution in [3.63, 3.8) is 0 Å². The Hall–Kier alpha value is -2.39. The van der Waals surface area contributed by atoms with Gasteiger partial charge in [-0.05, 0) is 61.0 Å². The zero-order chi connectivity index (χ0) is 16.9. The summed E-state index contributed by atoms with van der Waals surface area (Å²) in [5.74, 6) is 0. The Kier molecular flexibility index (Phi) is 5.11. The van der Waals surface area contributed by atoms with E-state index in [0.29, 0.717) is 6.54 Å². The second kappa shape index (κ2) is 7.45. The van der Waals surface area contributed by atoms with Gasteiger partial charge in [0.2, 0.25) is 0 Å². The molecule has 3 nitrogen and oxygen atoms in total. The first kappa shape index (κ1) is 16.5. The molecule has 124 valence electrons. The van der Waals surface area contributed by atoms with Crippen LogP contribution in [0.5, 0.6) is 0 Å². The summed E-state index contributed by atoms with van der Waals surface area (Å²) in [4.78, 5) is 15.2. The van der Waals surface area contributed by atoms with E-state index in [2.05, 4.69) is 60.5 Å². The third-order valence-electron chi connectivity index (χ3n) is 4.38. The van der Waals surface area contributed by atoms with Gasteiger partial charge in [0.1, 0.15) is 0 Å². The lowest BCUT2D eigenvalue weighted by Crippen LogP contribution is -2.22. The normalized spacial score (nSPS) is 11.1. The predicted molar refractivity (Wildman–Crippen MR) is 101 cm³/mol. The zero-order valence-electron chi connectivity index (χ0n) is 14.4. The molecule has 0 bridgehead atoms. The summed E-state index contributed by atoms with van der Waals surface area (Å²) in [5.41, 5.74) is 5.58. The third kappa shape index (κ3) is 3.92. The topological polar surface area (TPSA) is 44.9 Å². The molecule has 0 fully saturated rings. The molecule has 0 radical (unpaired) electrons. The van der Waals surface area contributed by atoms with Crippen LogP contribution in [0, 0.1) is 6.92 Å². The van der Waals surface area contributed by atoms with E-state index in [1.54, 1.807) is 0 Å². The van der Waals surface area contributed by atoms with Gasteiger partial charge < -0.3 is 10.3 Å². The monoisotopic (exact) mass is 320 g/mol. The first-order valence-electron chi connectivity index (χ1n) is 8.57. The molecule has 3 aromatic rings. The van der Waals surface area contributed by atoms with Crippen LogP contribution in [0.4, 0.5) is 0 Å². The van der Waals surface area contributed by atoms with E-state index in [-0.39, 0.29) is 5.56 Å². The van der Waals surface area contributed by atoms with E-state index in [1.165, 1.54) is 16.7 Å². The number of H-pyrrole nitrogens is 1. The third-order valence-corrected chi connectivity index (χ3v) is 4.38. The van der Waals surface area contributed by atoms with Gasteiger partial charge in [0.15, 0.2) is 0 Å². The second-order valence-electron chi connectivity index (χ2n) is 6.31. The highest BCUT2D eigenvalue weighted by molar-refractivity contribution is 5.79. The fourth-order valence-electron chi connectivity index (χ4n) is 2.98. The van der Waals surface area contributed by atoms with Crippen LogP contribution in [-0.2, 0) is 19.4 Å². The molecule has 0 amide bonds. The summed E-state index contributed by atoms with van der Waals surface area (Å²) in [6.45, 7) is 5.69. The maximum Gasteiger partial charge on any atom is 0.252 e. The summed E-state index contributed by atoms with van der Waals surface area (Å²) < 4.78 is 0. The molecule has 0 saturated carbocycles. The molecule has 0 spiro atoms. The van der Waals surface area contributed by atoms with Crippen molar-refractivity contribution in [2.24, 2.45) is 0 Å². The SMILES string of the molecule is CCc1ccc2[nH]c(=O)c(CNCCc3cccc(C)c3)cc2c1. The Balaban J connectivity index is 1.66. The van der Waals surface area contributed by atoms with Crippen LogP contribution >= 0.6 is 0 Å².